The number of ether oxygens (including phenoxy) is 6. The van der Waals surface area contributed by atoms with Crippen molar-refractivity contribution >= 4 is 5.91 Å². The van der Waals surface area contributed by atoms with Crippen LogP contribution in [0.3, 0.4) is 0 Å². The second kappa shape index (κ2) is 67.5. The zero-order valence-electron chi connectivity index (χ0n) is 67.2. The molecule has 3 heterocycles. The lowest BCUT2D eigenvalue weighted by Gasteiger charge is -2.48. The molecule has 19 heteroatoms. The van der Waals surface area contributed by atoms with Gasteiger partial charge in [0.05, 0.1) is 38.6 Å². The maximum atomic E-state index is 13.5. The van der Waals surface area contributed by atoms with E-state index in [1.54, 1.807) is 6.08 Å². The van der Waals surface area contributed by atoms with Crippen molar-refractivity contribution in [1.29, 1.82) is 0 Å². The van der Waals surface area contributed by atoms with Crippen LogP contribution < -0.4 is 5.32 Å². The molecule has 0 aromatic carbocycles. The second-order valence-corrected chi connectivity index (χ2v) is 31.7. The number of nitrogens with one attached hydrogen (secondary N) is 1. The average molecular weight is 1510 g/mol. The van der Waals surface area contributed by atoms with Crippen molar-refractivity contribution in [2.75, 3.05) is 26.4 Å². The van der Waals surface area contributed by atoms with E-state index in [1.807, 2.05) is 6.08 Å². The van der Waals surface area contributed by atoms with Gasteiger partial charge in [-0.25, -0.2) is 0 Å². The van der Waals surface area contributed by atoms with E-state index in [1.165, 1.54) is 302 Å². The van der Waals surface area contributed by atoms with Crippen LogP contribution in [0, 0.1) is 0 Å². The maximum absolute atomic E-state index is 13.5. The van der Waals surface area contributed by atoms with Gasteiger partial charge in [0.25, 0.3) is 0 Å². The molecule has 3 rings (SSSR count). The van der Waals surface area contributed by atoms with E-state index in [9.17, 15) is 61.0 Å². The number of rotatable bonds is 72. The second-order valence-electron chi connectivity index (χ2n) is 31.7. The molecule has 0 bridgehead atoms. The van der Waals surface area contributed by atoms with Crippen molar-refractivity contribution in [2.45, 2.75) is 484 Å². The molecule has 0 aliphatic carbocycles. The number of carbonyl (C=O) groups excluding carboxylic acids is 1. The maximum Gasteiger partial charge on any atom is 0.220 e. The molecule has 0 aromatic heterocycles. The van der Waals surface area contributed by atoms with Gasteiger partial charge in [-0.1, -0.05) is 365 Å². The Morgan fingerprint density at radius 2 is 0.604 bits per heavy atom. The standard InChI is InChI=1S/C87H163NO18/c1-3-5-7-9-11-13-15-17-19-21-23-25-27-29-31-33-35-36-38-40-42-44-46-48-50-52-54-56-58-60-62-64-71(92)70(88-75(93)65-63-61-59-57-55-53-51-49-47-45-43-41-39-37-34-32-30-28-26-24-22-20-18-16-14-12-10-8-6-4-2)69-101-85-81(99)78(96)83(73(67-90)103-85)106-87-82(100)79(97)84(74(68-91)104-87)105-86-80(98)77(95)76(94)72(66-89)102-86/h46,48,54,56,62,64,70-74,76-87,89-92,94-100H,3-45,47,49-53,55,57-61,63,65-69H2,1-2H3,(H,88,93)/b48-46+,56-54+,64-62+. The zero-order valence-corrected chi connectivity index (χ0v) is 67.2. The number of aliphatic hydroxyl groups is 11. The summed E-state index contributed by atoms with van der Waals surface area (Å²) in [5, 5.41) is 121. The summed E-state index contributed by atoms with van der Waals surface area (Å²) in [6, 6.07) is -0.997. The number of amides is 1. The lowest BCUT2D eigenvalue weighted by atomic mass is 9.96. The van der Waals surface area contributed by atoms with Crippen LogP contribution in [-0.2, 0) is 33.2 Å². The highest BCUT2D eigenvalue weighted by molar-refractivity contribution is 5.76. The van der Waals surface area contributed by atoms with Gasteiger partial charge in [-0.2, -0.15) is 0 Å². The van der Waals surface area contributed by atoms with Crippen LogP contribution in [0.5, 0.6) is 0 Å². The van der Waals surface area contributed by atoms with E-state index in [-0.39, 0.29) is 18.9 Å². The molecule has 0 spiro atoms. The zero-order chi connectivity index (χ0) is 76.7. The summed E-state index contributed by atoms with van der Waals surface area (Å²) in [5.74, 6) is -0.281. The number of unbranched alkanes of at least 4 members (excludes halogenated alkanes) is 52. The Kier molecular flexibility index (Phi) is 62.5. The van der Waals surface area contributed by atoms with Crippen molar-refractivity contribution in [3.63, 3.8) is 0 Å². The predicted octanol–water partition coefficient (Wildman–Crippen LogP) is 16.2. The molecule has 106 heavy (non-hydrogen) atoms. The van der Waals surface area contributed by atoms with Crippen molar-refractivity contribution in [3.8, 4) is 0 Å². The van der Waals surface area contributed by atoms with Gasteiger partial charge >= 0.3 is 0 Å². The van der Waals surface area contributed by atoms with Crippen molar-refractivity contribution < 1.29 is 89.4 Å². The molecular weight excluding hydrogens is 1350 g/mol. The third-order valence-electron chi connectivity index (χ3n) is 22.2. The Balaban J connectivity index is 1.36. The first kappa shape index (κ1) is 98.2. The topological polar surface area (TPSA) is 307 Å². The Labute approximate surface area is 644 Å². The highest BCUT2D eigenvalue weighted by Crippen LogP contribution is 2.34. The first-order chi connectivity index (χ1) is 51.8. The molecular formula is C87H163NO18. The number of hydrogen-bond donors (Lipinski definition) is 12. The third kappa shape index (κ3) is 46.3. The molecule has 3 aliphatic heterocycles. The predicted molar refractivity (Wildman–Crippen MR) is 425 cm³/mol. The largest absolute Gasteiger partial charge is 0.394 e. The first-order valence-corrected chi connectivity index (χ1v) is 44.2. The van der Waals surface area contributed by atoms with Crippen molar-refractivity contribution in [3.05, 3.63) is 36.5 Å². The lowest BCUT2D eigenvalue weighted by Crippen LogP contribution is -2.66. The van der Waals surface area contributed by atoms with Gasteiger partial charge in [0, 0.05) is 6.42 Å². The van der Waals surface area contributed by atoms with Gasteiger partial charge in [0.1, 0.15) is 73.2 Å². The molecule has 17 atom stereocenters. The van der Waals surface area contributed by atoms with E-state index in [2.05, 4.69) is 43.5 Å². The van der Waals surface area contributed by atoms with Gasteiger partial charge in [0.2, 0.25) is 5.91 Å². The molecule has 3 aliphatic rings. The minimum absolute atomic E-state index is 0.237. The van der Waals surface area contributed by atoms with Gasteiger partial charge in [-0.05, 0) is 44.9 Å². The molecule has 0 aromatic rings. The summed E-state index contributed by atoms with van der Waals surface area (Å²) < 4.78 is 34.5. The fraction of sp³-hybridized carbons (Fsp3) is 0.920. The Morgan fingerprint density at radius 3 is 0.943 bits per heavy atom. The van der Waals surface area contributed by atoms with Gasteiger partial charge < -0.3 is 89.9 Å². The molecule has 3 fully saturated rings. The highest BCUT2D eigenvalue weighted by atomic mass is 16.8. The fourth-order valence-corrected chi connectivity index (χ4v) is 15.1. The monoisotopic (exact) mass is 1510 g/mol. The molecule has 624 valence electrons. The quantitative estimate of drug-likeness (QED) is 0.0199. The van der Waals surface area contributed by atoms with E-state index in [0.29, 0.717) is 12.8 Å². The van der Waals surface area contributed by atoms with Crippen LogP contribution in [0.2, 0.25) is 0 Å². The molecule has 19 nitrogen and oxygen atoms in total. The molecule has 3 saturated heterocycles. The SMILES string of the molecule is CCCCCCCCCCCCCCCCCCCCCCC/C=C/CC/C=C/CC/C=C/C(O)C(COC1OC(CO)C(OC2OC(CO)C(OC3OC(CO)C(O)C(O)C3O)C(O)C2O)C(O)C1O)NC(=O)CCCCCCCCCCCCCCCCCCCCCCCCCCCCCCCC. The Hall–Kier alpha value is -1.99. The van der Waals surface area contributed by atoms with Crippen LogP contribution in [0.4, 0.5) is 0 Å². The van der Waals surface area contributed by atoms with Gasteiger partial charge in [-0.3, -0.25) is 4.79 Å². The van der Waals surface area contributed by atoms with E-state index < -0.39 is 124 Å². The molecule has 17 unspecified atom stereocenters. The molecule has 0 radical (unpaired) electrons. The van der Waals surface area contributed by atoms with Crippen LogP contribution in [-0.4, -0.2) is 193 Å². The van der Waals surface area contributed by atoms with Crippen molar-refractivity contribution in [2.24, 2.45) is 0 Å². The molecule has 0 saturated carbocycles. The highest BCUT2D eigenvalue weighted by Gasteiger charge is 2.54. The minimum Gasteiger partial charge on any atom is -0.394 e. The summed E-state index contributed by atoms with van der Waals surface area (Å²) in [5.41, 5.74) is 0. The van der Waals surface area contributed by atoms with E-state index >= 15 is 0 Å². The van der Waals surface area contributed by atoms with E-state index in [4.69, 9.17) is 28.4 Å². The number of carbonyl (C=O) groups is 1. The third-order valence-corrected chi connectivity index (χ3v) is 22.2. The van der Waals surface area contributed by atoms with E-state index in [0.717, 1.165) is 44.9 Å². The summed E-state index contributed by atoms with van der Waals surface area (Å²) in [7, 11) is 0. The summed E-state index contributed by atoms with van der Waals surface area (Å²) >= 11 is 0. The number of aliphatic hydroxyl groups excluding tert-OH is 11. The summed E-state index contributed by atoms with van der Waals surface area (Å²) in [6.07, 6.45) is 58.8. The Morgan fingerprint density at radius 1 is 0.330 bits per heavy atom. The smallest absolute Gasteiger partial charge is 0.220 e. The van der Waals surface area contributed by atoms with Crippen LogP contribution >= 0.6 is 0 Å². The summed E-state index contributed by atoms with van der Waals surface area (Å²) in [6.45, 7) is 1.78. The van der Waals surface area contributed by atoms with Crippen LogP contribution in [0.15, 0.2) is 36.5 Å². The van der Waals surface area contributed by atoms with Gasteiger partial charge in [-0.15, -0.1) is 0 Å². The van der Waals surface area contributed by atoms with Crippen LogP contribution in [0.25, 0.3) is 0 Å². The summed E-state index contributed by atoms with van der Waals surface area (Å²) in [4.78, 5) is 13.5. The number of hydrogen-bond acceptors (Lipinski definition) is 18. The minimum atomic E-state index is -1.98. The normalized spacial score (nSPS) is 25.8. The van der Waals surface area contributed by atoms with Gasteiger partial charge in [0.15, 0.2) is 18.9 Å². The lowest BCUT2D eigenvalue weighted by molar-refractivity contribution is -0.379. The molecule has 12 N–H and O–H groups in total. The van der Waals surface area contributed by atoms with Crippen molar-refractivity contribution in [1.82, 2.24) is 5.32 Å². The fourth-order valence-electron chi connectivity index (χ4n) is 15.1. The number of allylic oxidation sites excluding steroid dienone is 5. The molecule has 1 amide bonds. The first-order valence-electron chi connectivity index (χ1n) is 44.2. The Bertz CT molecular complexity index is 2050. The average Bonchev–Trinajstić information content (AvgIpc) is 0.781. The van der Waals surface area contributed by atoms with Crippen LogP contribution in [0.1, 0.15) is 380 Å².